The Morgan fingerprint density at radius 1 is 1.22 bits per heavy atom. The summed E-state index contributed by atoms with van der Waals surface area (Å²) in [7, 11) is 0. The van der Waals surface area contributed by atoms with Crippen molar-refractivity contribution < 1.29 is 19.5 Å². The lowest BCUT2D eigenvalue weighted by atomic mass is 10.3. The minimum Gasteiger partial charge on any atom is -0.480 e. The summed E-state index contributed by atoms with van der Waals surface area (Å²) < 4.78 is 0. The summed E-state index contributed by atoms with van der Waals surface area (Å²) in [5, 5.41) is 18.1. The van der Waals surface area contributed by atoms with E-state index < -0.39 is 29.9 Å². The van der Waals surface area contributed by atoms with E-state index in [1.807, 2.05) is 0 Å². The number of hydrogen-bond acceptors (Lipinski definition) is 5. The van der Waals surface area contributed by atoms with Crippen LogP contribution in [0.15, 0.2) is 16.9 Å². The van der Waals surface area contributed by atoms with E-state index in [0.717, 1.165) is 6.07 Å². The van der Waals surface area contributed by atoms with Crippen molar-refractivity contribution in [3.05, 3.63) is 28.2 Å². The highest BCUT2D eigenvalue weighted by atomic mass is 16.4. The third kappa shape index (κ3) is 4.43. The van der Waals surface area contributed by atoms with Crippen LogP contribution in [0.4, 0.5) is 0 Å². The Balaban J connectivity index is 2.41. The largest absolute Gasteiger partial charge is 0.480 e. The molecule has 1 heterocycles. The minimum atomic E-state index is -1.18. The highest BCUT2D eigenvalue weighted by Gasteiger charge is 2.09. The Labute approximate surface area is 100 Å². The van der Waals surface area contributed by atoms with E-state index in [1.165, 1.54) is 6.07 Å². The van der Waals surface area contributed by atoms with Crippen LogP contribution in [0, 0.1) is 0 Å². The van der Waals surface area contributed by atoms with Gasteiger partial charge in [0.2, 0.25) is 5.91 Å². The second kappa shape index (κ2) is 6.13. The van der Waals surface area contributed by atoms with Crippen molar-refractivity contribution in [2.45, 2.75) is 0 Å². The number of aromatic amines is 1. The molecule has 0 spiro atoms. The molecule has 1 aromatic heterocycles. The predicted octanol–water partition coefficient (Wildman–Crippen LogP) is -2.30. The Morgan fingerprint density at radius 2 is 1.94 bits per heavy atom. The van der Waals surface area contributed by atoms with E-state index in [-0.39, 0.29) is 12.2 Å². The van der Waals surface area contributed by atoms with Gasteiger partial charge in [-0.25, -0.2) is 5.10 Å². The molecule has 0 fully saturated rings. The van der Waals surface area contributed by atoms with Gasteiger partial charge in [0.15, 0.2) is 0 Å². The number of hydrogen-bond donors (Lipinski definition) is 4. The number of carboxylic acids is 1. The molecule has 4 N–H and O–H groups in total. The number of amides is 2. The Hall–Kier alpha value is -2.71. The highest BCUT2D eigenvalue weighted by molar-refractivity contribution is 5.94. The molecular formula is C9H10N4O5. The third-order valence-corrected chi connectivity index (χ3v) is 1.76. The topological polar surface area (TPSA) is 141 Å². The van der Waals surface area contributed by atoms with Crippen molar-refractivity contribution in [1.29, 1.82) is 0 Å². The molecule has 1 rings (SSSR count). The van der Waals surface area contributed by atoms with E-state index >= 15 is 0 Å². The summed E-state index contributed by atoms with van der Waals surface area (Å²) in [5.74, 6) is -2.48. The zero-order valence-corrected chi connectivity index (χ0v) is 9.10. The molecule has 0 aliphatic rings. The number of carbonyl (C=O) groups is 3. The number of H-pyrrole nitrogens is 1. The lowest BCUT2D eigenvalue weighted by Crippen LogP contribution is -2.39. The Morgan fingerprint density at radius 3 is 2.50 bits per heavy atom. The van der Waals surface area contributed by atoms with Crippen LogP contribution in [0.2, 0.25) is 0 Å². The van der Waals surface area contributed by atoms with Gasteiger partial charge in [-0.3, -0.25) is 19.2 Å². The maximum absolute atomic E-state index is 11.4. The highest BCUT2D eigenvalue weighted by Crippen LogP contribution is 1.87. The normalized spacial score (nSPS) is 9.56. The van der Waals surface area contributed by atoms with E-state index in [4.69, 9.17) is 5.11 Å². The van der Waals surface area contributed by atoms with Gasteiger partial charge in [-0.05, 0) is 6.07 Å². The van der Waals surface area contributed by atoms with E-state index in [1.54, 1.807) is 0 Å². The van der Waals surface area contributed by atoms with Gasteiger partial charge in [0, 0.05) is 6.07 Å². The molecule has 0 unspecified atom stereocenters. The summed E-state index contributed by atoms with van der Waals surface area (Å²) in [5.41, 5.74) is -0.508. The van der Waals surface area contributed by atoms with Crippen LogP contribution >= 0.6 is 0 Å². The first-order chi connectivity index (χ1) is 8.49. The molecule has 96 valence electrons. The number of aliphatic carboxylic acids is 1. The van der Waals surface area contributed by atoms with Gasteiger partial charge in [-0.15, -0.1) is 0 Å². The fourth-order valence-corrected chi connectivity index (χ4v) is 0.959. The van der Waals surface area contributed by atoms with Crippen LogP contribution in [0.25, 0.3) is 0 Å². The summed E-state index contributed by atoms with van der Waals surface area (Å²) in [4.78, 5) is 43.3. The first kappa shape index (κ1) is 13.4. The van der Waals surface area contributed by atoms with Gasteiger partial charge in [0.1, 0.15) is 12.2 Å². The lowest BCUT2D eigenvalue weighted by Gasteiger charge is -2.04. The van der Waals surface area contributed by atoms with Gasteiger partial charge in [0.05, 0.1) is 6.54 Å². The molecule has 0 bridgehead atoms. The van der Waals surface area contributed by atoms with E-state index in [2.05, 4.69) is 20.8 Å². The fraction of sp³-hybridized carbons (Fsp3) is 0.222. The van der Waals surface area contributed by atoms with Gasteiger partial charge in [-0.2, -0.15) is 5.10 Å². The van der Waals surface area contributed by atoms with Crippen molar-refractivity contribution in [2.24, 2.45) is 0 Å². The van der Waals surface area contributed by atoms with E-state index in [0.29, 0.717) is 0 Å². The molecule has 2 amide bonds. The number of carboxylic acid groups (broad SMARTS) is 1. The zero-order chi connectivity index (χ0) is 13.5. The first-order valence-electron chi connectivity index (χ1n) is 4.81. The maximum Gasteiger partial charge on any atom is 0.322 e. The molecule has 0 saturated heterocycles. The number of nitrogens with one attached hydrogen (secondary N) is 3. The van der Waals surface area contributed by atoms with Gasteiger partial charge in [-0.1, -0.05) is 0 Å². The molecule has 18 heavy (non-hydrogen) atoms. The molecule has 0 aromatic carbocycles. The smallest absolute Gasteiger partial charge is 0.322 e. The van der Waals surface area contributed by atoms with Crippen molar-refractivity contribution in [3.63, 3.8) is 0 Å². The van der Waals surface area contributed by atoms with Crippen LogP contribution < -0.4 is 16.2 Å². The summed E-state index contributed by atoms with van der Waals surface area (Å²) in [6.45, 7) is -0.904. The second-order valence-corrected chi connectivity index (χ2v) is 3.16. The van der Waals surface area contributed by atoms with Crippen LogP contribution in [0.1, 0.15) is 10.5 Å². The van der Waals surface area contributed by atoms with Gasteiger partial charge in [0.25, 0.3) is 11.5 Å². The summed E-state index contributed by atoms with van der Waals surface area (Å²) >= 11 is 0. The van der Waals surface area contributed by atoms with Gasteiger partial charge < -0.3 is 15.7 Å². The summed E-state index contributed by atoms with van der Waals surface area (Å²) in [6, 6.07) is 2.32. The third-order valence-electron chi connectivity index (χ3n) is 1.76. The molecule has 1 aromatic rings. The van der Waals surface area contributed by atoms with Crippen LogP contribution in [0.3, 0.4) is 0 Å². The van der Waals surface area contributed by atoms with Crippen LogP contribution in [-0.4, -0.2) is 46.2 Å². The Bertz CT molecular complexity index is 503. The summed E-state index contributed by atoms with van der Waals surface area (Å²) in [6.07, 6.45) is 0. The molecule has 9 heteroatoms. The standard InChI is InChI=1S/C9H10N4O5/c14-6-2-1-5(12-13-6)9(18)11-3-7(15)10-4-8(16)17/h1-2H,3-4H2,(H,10,15)(H,11,18)(H,13,14)(H,16,17). The Kier molecular flexibility index (Phi) is 4.55. The zero-order valence-electron chi connectivity index (χ0n) is 9.10. The number of carbonyl (C=O) groups excluding carboxylic acids is 2. The molecule has 9 nitrogen and oxygen atoms in total. The molecule has 0 saturated carbocycles. The average Bonchev–Trinajstić information content (AvgIpc) is 2.34. The van der Waals surface area contributed by atoms with Crippen molar-refractivity contribution in [3.8, 4) is 0 Å². The average molecular weight is 254 g/mol. The van der Waals surface area contributed by atoms with E-state index in [9.17, 15) is 19.2 Å². The monoisotopic (exact) mass is 254 g/mol. The number of nitrogens with zero attached hydrogens (tertiary/aromatic N) is 1. The van der Waals surface area contributed by atoms with Crippen molar-refractivity contribution >= 4 is 17.8 Å². The molecule has 0 aliphatic heterocycles. The minimum absolute atomic E-state index is 0.0550. The molecule has 0 radical (unpaired) electrons. The maximum atomic E-state index is 11.4. The molecule has 0 atom stereocenters. The predicted molar refractivity (Wildman–Crippen MR) is 57.8 cm³/mol. The quantitative estimate of drug-likeness (QED) is 0.465. The van der Waals surface area contributed by atoms with Crippen LogP contribution in [-0.2, 0) is 9.59 Å². The van der Waals surface area contributed by atoms with Crippen molar-refractivity contribution in [1.82, 2.24) is 20.8 Å². The SMILES string of the molecule is O=C(O)CNC(=O)CNC(=O)c1ccc(=O)[nH]n1. The van der Waals surface area contributed by atoms with Crippen molar-refractivity contribution in [2.75, 3.05) is 13.1 Å². The lowest BCUT2D eigenvalue weighted by molar-refractivity contribution is -0.137. The first-order valence-corrected chi connectivity index (χ1v) is 4.81. The second-order valence-electron chi connectivity index (χ2n) is 3.16. The number of rotatable bonds is 5. The fourth-order valence-electron chi connectivity index (χ4n) is 0.959. The number of aromatic nitrogens is 2. The molecule has 0 aliphatic carbocycles. The van der Waals surface area contributed by atoms with Gasteiger partial charge >= 0.3 is 5.97 Å². The van der Waals surface area contributed by atoms with Crippen LogP contribution in [0.5, 0.6) is 0 Å². The molecular weight excluding hydrogens is 244 g/mol.